The van der Waals surface area contributed by atoms with Crippen molar-refractivity contribution in [2.75, 3.05) is 45.2 Å². The lowest BCUT2D eigenvalue weighted by atomic mass is 10.1. The summed E-state index contributed by atoms with van der Waals surface area (Å²) in [7, 11) is 1.71. The van der Waals surface area contributed by atoms with Crippen LogP contribution in [0.4, 0.5) is 19.3 Å². The number of amides is 3. The molecule has 1 saturated heterocycles. The maximum atomic E-state index is 15.4. The topological polar surface area (TPSA) is 166 Å². The molecule has 2 aromatic carbocycles. The van der Waals surface area contributed by atoms with Crippen LogP contribution < -0.4 is 26.4 Å². The minimum absolute atomic E-state index is 0.0926. The number of nitrogens with one attached hydrogen (secondary N) is 3. The summed E-state index contributed by atoms with van der Waals surface area (Å²) in [5, 5.41) is 12.3. The molecule has 0 bridgehead atoms. The van der Waals surface area contributed by atoms with Crippen molar-refractivity contribution < 1.29 is 27.8 Å². The number of aromatic nitrogens is 5. The quantitative estimate of drug-likeness (QED) is 0.0668. The van der Waals surface area contributed by atoms with Gasteiger partial charge in [0.05, 0.1) is 13.0 Å². The Balaban J connectivity index is 0.000000800. The van der Waals surface area contributed by atoms with Gasteiger partial charge >= 0.3 is 6.03 Å². The molecule has 5 N–H and O–H groups in total. The number of rotatable bonds is 18. The van der Waals surface area contributed by atoms with Crippen molar-refractivity contribution in [1.82, 2.24) is 39.7 Å². The third-order valence-electron chi connectivity index (χ3n) is 9.62. The van der Waals surface area contributed by atoms with Gasteiger partial charge in [0.2, 0.25) is 11.8 Å². The molecule has 16 heteroatoms. The number of imide groups is 1. The van der Waals surface area contributed by atoms with Crippen molar-refractivity contribution in [2.45, 2.75) is 84.8 Å². The van der Waals surface area contributed by atoms with Crippen molar-refractivity contribution in [3.63, 3.8) is 0 Å². The number of imidazole rings is 1. The number of methoxy groups -OCH3 is 1. The molecule has 14 nitrogen and oxygen atoms in total. The van der Waals surface area contributed by atoms with E-state index in [9.17, 15) is 14.0 Å². The number of piperidine rings is 1. The molecule has 0 aliphatic carbocycles. The van der Waals surface area contributed by atoms with Crippen LogP contribution in [0, 0.1) is 11.6 Å². The molecule has 0 unspecified atom stereocenters. The summed E-state index contributed by atoms with van der Waals surface area (Å²) < 4.78 is 43.3. The highest BCUT2D eigenvalue weighted by molar-refractivity contribution is 6.01. The molecular weight excluding hydrogens is 771 g/mol. The van der Waals surface area contributed by atoms with E-state index in [0.29, 0.717) is 17.6 Å². The first-order valence-corrected chi connectivity index (χ1v) is 20.7. The summed E-state index contributed by atoms with van der Waals surface area (Å²) in [6.07, 6.45) is 12.3. The van der Waals surface area contributed by atoms with Crippen molar-refractivity contribution in [3.8, 4) is 11.6 Å². The molecule has 1 aliphatic heterocycles. The van der Waals surface area contributed by atoms with Crippen LogP contribution in [0.1, 0.15) is 75.5 Å². The number of nitrogens with two attached hydrogens (primary N) is 1. The van der Waals surface area contributed by atoms with E-state index in [2.05, 4.69) is 60.1 Å². The van der Waals surface area contributed by atoms with Crippen LogP contribution in [-0.2, 0) is 35.5 Å². The normalized spacial score (nSPS) is 12.8. The van der Waals surface area contributed by atoms with Crippen LogP contribution >= 0.6 is 0 Å². The van der Waals surface area contributed by atoms with Gasteiger partial charge in [0, 0.05) is 62.6 Å². The standard InChI is InChI=1S/C37H41F2N9O3.C5H13NO.C2H6/c1-2-33-41-15-19-47(33)16-5-3-4-6-30-21-26(23-46-17-13-28(40)14-18-46)35-36(42-24-43-48(30)35)51-32-12-11-29(22-31(32)39)44-37(50)45-34(49)20-25-7-9-27(38)10-8-25;1-3-6-4-5-7-2;1-2/h2,7-12,15,19,21-22,24,28H,1,3-6,13-14,16-18,20,23,40H2,(H2,44,45,49,50);6H,3-5H2,1-2H3;1-2H3. The fourth-order valence-electron chi connectivity index (χ4n) is 6.59. The van der Waals surface area contributed by atoms with E-state index in [1.54, 1.807) is 19.4 Å². The van der Waals surface area contributed by atoms with Crippen molar-refractivity contribution in [2.24, 2.45) is 5.73 Å². The molecule has 3 amide bonds. The molecule has 0 atom stereocenters. The average Bonchev–Trinajstić information content (AvgIpc) is 3.86. The summed E-state index contributed by atoms with van der Waals surface area (Å²) >= 11 is 0. The SMILES string of the molecule is C=Cc1nccn1CCCCCc1cc(CN2CCC(N)CC2)c2c(Oc3ccc(NC(=O)NC(=O)Cc4ccc(F)cc4)cc3F)ncnn12.CC.CCNCCOC. The minimum atomic E-state index is -0.833. The molecule has 4 heterocycles. The molecule has 1 aliphatic rings. The number of fused-ring (bicyclic) bond motifs is 1. The zero-order chi connectivity index (χ0) is 43.3. The summed E-state index contributed by atoms with van der Waals surface area (Å²) in [5.74, 6) is -0.786. The number of likely N-dealkylation sites (tertiary alicyclic amines) is 1. The summed E-state index contributed by atoms with van der Waals surface area (Å²) in [5.41, 5.74) is 9.46. The fraction of sp³-hybridized carbons (Fsp3) is 0.432. The van der Waals surface area contributed by atoms with Gasteiger partial charge in [-0.2, -0.15) is 10.1 Å². The Bertz CT molecular complexity index is 2080. The van der Waals surface area contributed by atoms with E-state index in [1.165, 1.54) is 42.7 Å². The Kier molecular flexibility index (Phi) is 19.8. The van der Waals surface area contributed by atoms with E-state index < -0.39 is 23.6 Å². The maximum absolute atomic E-state index is 15.4. The zero-order valence-corrected chi connectivity index (χ0v) is 35.3. The molecule has 324 valence electrons. The van der Waals surface area contributed by atoms with Crippen molar-refractivity contribution in [3.05, 3.63) is 108 Å². The second-order valence-corrected chi connectivity index (χ2v) is 14.0. The number of anilines is 1. The van der Waals surface area contributed by atoms with E-state index in [4.69, 9.17) is 15.2 Å². The Morgan fingerprint density at radius 2 is 1.80 bits per heavy atom. The van der Waals surface area contributed by atoms with Gasteiger partial charge in [0.15, 0.2) is 11.6 Å². The predicted molar refractivity (Wildman–Crippen MR) is 231 cm³/mol. The molecular formula is C44H60F2N10O4. The third kappa shape index (κ3) is 14.6. The predicted octanol–water partition coefficient (Wildman–Crippen LogP) is 7.13. The van der Waals surface area contributed by atoms with Crippen LogP contribution in [-0.4, -0.2) is 86.9 Å². The lowest BCUT2D eigenvalue weighted by Gasteiger charge is -2.29. The number of urea groups is 1. The fourth-order valence-corrected chi connectivity index (χ4v) is 6.59. The van der Waals surface area contributed by atoms with E-state index in [-0.39, 0.29) is 29.8 Å². The van der Waals surface area contributed by atoms with Gasteiger partial charge in [0.1, 0.15) is 23.5 Å². The van der Waals surface area contributed by atoms with Crippen LogP contribution in [0.3, 0.4) is 0 Å². The molecule has 0 spiro atoms. The molecule has 5 aromatic rings. The summed E-state index contributed by atoms with van der Waals surface area (Å²) in [6.45, 7) is 16.0. The van der Waals surface area contributed by atoms with E-state index >= 15 is 4.39 Å². The Hall–Kier alpha value is -5.55. The third-order valence-corrected chi connectivity index (χ3v) is 9.62. The van der Waals surface area contributed by atoms with Gasteiger partial charge in [-0.1, -0.05) is 45.9 Å². The van der Waals surface area contributed by atoms with Gasteiger partial charge in [-0.25, -0.2) is 23.1 Å². The van der Waals surface area contributed by atoms with Gasteiger partial charge in [-0.15, -0.1) is 0 Å². The number of aryl methyl sites for hydroxylation is 2. The summed E-state index contributed by atoms with van der Waals surface area (Å²) in [6, 6.07) is 10.8. The monoisotopic (exact) mass is 830 g/mol. The molecule has 3 aromatic heterocycles. The Labute approximate surface area is 351 Å². The number of carbonyl (C=O) groups excluding carboxylic acids is 2. The lowest BCUT2D eigenvalue weighted by Crippen LogP contribution is -2.39. The van der Waals surface area contributed by atoms with E-state index in [1.807, 2.05) is 24.6 Å². The number of nitrogens with zero attached hydrogens (tertiary/aromatic N) is 6. The van der Waals surface area contributed by atoms with Crippen molar-refractivity contribution in [1.29, 1.82) is 0 Å². The van der Waals surface area contributed by atoms with Crippen LogP contribution in [0.2, 0.25) is 0 Å². The minimum Gasteiger partial charge on any atom is -0.434 e. The number of hydrogen-bond donors (Lipinski definition) is 4. The first-order chi connectivity index (χ1) is 29.2. The van der Waals surface area contributed by atoms with Crippen LogP contribution in [0.15, 0.2) is 73.8 Å². The number of benzene rings is 2. The maximum Gasteiger partial charge on any atom is 0.325 e. The second-order valence-electron chi connectivity index (χ2n) is 14.0. The number of ether oxygens (including phenoxy) is 2. The molecule has 60 heavy (non-hydrogen) atoms. The Morgan fingerprint density at radius 3 is 2.50 bits per heavy atom. The van der Waals surface area contributed by atoms with Gasteiger partial charge in [0.25, 0.3) is 0 Å². The number of hydrogen-bond acceptors (Lipinski definition) is 10. The van der Waals surface area contributed by atoms with Gasteiger partial charge < -0.3 is 30.4 Å². The Morgan fingerprint density at radius 1 is 1.03 bits per heavy atom. The largest absolute Gasteiger partial charge is 0.434 e. The second kappa shape index (κ2) is 25.2. The van der Waals surface area contributed by atoms with Crippen LogP contribution in [0.5, 0.6) is 11.6 Å². The smallest absolute Gasteiger partial charge is 0.325 e. The highest BCUT2D eigenvalue weighted by Crippen LogP contribution is 2.32. The lowest BCUT2D eigenvalue weighted by molar-refractivity contribution is -0.119. The average molecular weight is 831 g/mol. The van der Waals surface area contributed by atoms with Gasteiger partial charge in [-0.3, -0.25) is 15.0 Å². The van der Waals surface area contributed by atoms with Gasteiger partial charge in [-0.05, 0) is 99.3 Å². The molecule has 0 radical (unpaired) electrons. The van der Waals surface area contributed by atoms with Crippen molar-refractivity contribution >= 4 is 29.2 Å². The highest BCUT2D eigenvalue weighted by atomic mass is 19.1. The number of likely N-dealkylation sites (N-methyl/N-ethyl adjacent to an activating group) is 1. The first-order valence-electron chi connectivity index (χ1n) is 20.7. The number of halogens is 2. The molecule has 6 rings (SSSR count). The zero-order valence-electron chi connectivity index (χ0n) is 35.3. The first kappa shape index (κ1) is 47.1. The number of unbranched alkanes of at least 4 members (excludes halogenated alkanes) is 2. The molecule has 1 fully saturated rings. The van der Waals surface area contributed by atoms with Crippen LogP contribution in [0.25, 0.3) is 11.6 Å². The number of carbonyl (C=O) groups is 2. The summed E-state index contributed by atoms with van der Waals surface area (Å²) in [4.78, 5) is 35.7. The highest BCUT2D eigenvalue weighted by Gasteiger charge is 2.22. The molecule has 0 saturated carbocycles. The van der Waals surface area contributed by atoms with E-state index in [0.717, 1.165) is 101 Å².